The number of nitrogens with zero attached hydrogens (tertiary/aromatic N) is 6. The molecule has 1 fully saturated rings. The molecular formula is C18H20N8O6. The van der Waals surface area contributed by atoms with E-state index in [1.54, 1.807) is 0 Å². The minimum Gasteiger partial charge on any atom is -0.451 e. The molecule has 0 atom stereocenters. The van der Waals surface area contributed by atoms with Gasteiger partial charge in [0.1, 0.15) is 0 Å². The van der Waals surface area contributed by atoms with Gasteiger partial charge in [-0.25, -0.2) is 29.5 Å². The Morgan fingerprint density at radius 3 is 1.38 bits per heavy atom. The number of esters is 2. The molecule has 0 saturated carbocycles. The van der Waals surface area contributed by atoms with Gasteiger partial charge >= 0.3 is 11.9 Å². The van der Waals surface area contributed by atoms with Crippen molar-refractivity contribution in [3.8, 4) is 0 Å². The lowest BCUT2D eigenvalue weighted by atomic mass is 10.3. The van der Waals surface area contributed by atoms with Crippen LogP contribution >= 0.6 is 0 Å². The highest BCUT2D eigenvalue weighted by Crippen LogP contribution is 2.08. The van der Waals surface area contributed by atoms with E-state index in [2.05, 4.69) is 19.9 Å². The van der Waals surface area contributed by atoms with Crippen molar-refractivity contribution in [1.82, 2.24) is 29.7 Å². The van der Waals surface area contributed by atoms with E-state index >= 15 is 0 Å². The normalized spacial score (nSPS) is 13.4. The van der Waals surface area contributed by atoms with E-state index in [4.69, 9.17) is 20.9 Å². The van der Waals surface area contributed by atoms with Crippen molar-refractivity contribution < 1.29 is 28.7 Å². The zero-order chi connectivity index (χ0) is 23.1. The Morgan fingerprint density at radius 1 is 0.688 bits per heavy atom. The van der Waals surface area contributed by atoms with Crippen LogP contribution < -0.4 is 11.5 Å². The van der Waals surface area contributed by atoms with Crippen LogP contribution in [0.4, 0.5) is 11.6 Å². The van der Waals surface area contributed by atoms with Gasteiger partial charge in [-0.2, -0.15) is 0 Å². The van der Waals surface area contributed by atoms with Crippen molar-refractivity contribution in [3.63, 3.8) is 0 Å². The number of rotatable bonds is 6. The molecule has 3 rings (SSSR count). The molecule has 32 heavy (non-hydrogen) atoms. The molecule has 0 radical (unpaired) electrons. The molecule has 0 bridgehead atoms. The van der Waals surface area contributed by atoms with E-state index in [1.807, 2.05) is 0 Å². The first kappa shape index (κ1) is 22.3. The second-order valence-electron chi connectivity index (χ2n) is 6.49. The minimum absolute atomic E-state index is 0.0974. The zero-order valence-electron chi connectivity index (χ0n) is 16.8. The Balaban J connectivity index is 1.41. The monoisotopic (exact) mass is 444 g/mol. The van der Waals surface area contributed by atoms with Crippen LogP contribution in [0.2, 0.25) is 0 Å². The van der Waals surface area contributed by atoms with Crippen molar-refractivity contribution in [1.29, 1.82) is 0 Å². The average Bonchev–Trinajstić information content (AvgIpc) is 2.81. The molecule has 1 aliphatic rings. The fraction of sp³-hybridized carbons (Fsp3) is 0.333. The zero-order valence-corrected chi connectivity index (χ0v) is 16.8. The SMILES string of the molecule is Nc1nccnc1C(=O)OCC(=O)N1CCN(C(=O)COC(=O)c2nccnc2N)CC1. The molecule has 0 aromatic carbocycles. The summed E-state index contributed by atoms with van der Waals surface area (Å²) < 4.78 is 9.89. The number of hydrogen-bond donors (Lipinski definition) is 2. The van der Waals surface area contributed by atoms with E-state index in [-0.39, 0.29) is 49.2 Å². The molecule has 14 heteroatoms. The van der Waals surface area contributed by atoms with Gasteiger partial charge < -0.3 is 30.7 Å². The predicted octanol–water partition coefficient (Wildman–Crippen LogP) is -1.88. The molecule has 2 amide bonds. The Kier molecular flexibility index (Phi) is 7.05. The maximum atomic E-state index is 12.3. The van der Waals surface area contributed by atoms with Crippen molar-refractivity contribution >= 4 is 35.4 Å². The second kappa shape index (κ2) is 10.1. The first-order chi connectivity index (χ1) is 15.4. The van der Waals surface area contributed by atoms with Gasteiger partial charge in [-0.15, -0.1) is 0 Å². The summed E-state index contributed by atoms with van der Waals surface area (Å²) in [5.41, 5.74) is 10.7. The Bertz CT molecular complexity index is 943. The fourth-order valence-corrected chi connectivity index (χ4v) is 2.79. The van der Waals surface area contributed by atoms with Crippen LogP contribution in [0.5, 0.6) is 0 Å². The number of carbonyl (C=O) groups is 4. The lowest BCUT2D eigenvalue weighted by molar-refractivity contribution is -0.142. The molecule has 3 heterocycles. The highest BCUT2D eigenvalue weighted by molar-refractivity contribution is 5.94. The van der Waals surface area contributed by atoms with Crippen LogP contribution in [0.1, 0.15) is 21.0 Å². The van der Waals surface area contributed by atoms with E-state index in [0.717, 1.165) is 0 Å². The molecule has 168 valence electrons. The molecule has 14 nitrogen and oxygen atoms in total. The molecule has 2 aromatic heterocycles. The van der Waals surface area contributed by atoms with Crippen LogP contribution in [0.3, 0.4) is 0 Å². The number of hydrogen-bond acceptors (Lipinski definition) is 12. The summed E-state index contributed by atoms with van der Waals surface area (Å²) in [6.07, 6.45) is 5.21. The lowest BCUT2D eigenvalue weighted by Gasteiger charge is -2.34. The van der Waals surface area contributed by atoms with Crippen molar-refractivity contribution in [2.45, 2.75) is 0 Å². The third kappa shape index (κ3) is 5.41. The number of ether oxygens (including phenoxy) is 2. The summed E-state index contributed by atoms with van der Waals surface area (Å²) in [4.78, 5) is 66.4. The number of carbonyl (C=O) groups excluding carboxylic acids is 4. The first-order valence-electron chi connectivity index (χ1n) is 9.39. The molecule has 2 aromatic rings. The van der Waals surface area contributed by atoms with Crippen LogP contribution in [-0.4, -0.2) is 92.9 Å². The number of nitrogens with two attached hydrogens (primary N) is 2. The maximum Gasteiger partial charge on any atom is 0.361 e. The van der Waals surface area contributed by atoms with Gasteiger partial charge in [0.2, 0.25) is 0 Å². The number of piperazine rings is 1. The summed E-state index contributed by atoms with van der Waals surface area (Å²) in [6.45, 7) is -0.109. The minimum atomic E-state index is -0.858. The average molecular weight is 444 g/mol. The van der Waals surface area contributed by atoms with E-state index in [1.165, 1.54) is 34.6 Å². The van der Waals surface area contributed by atoms with Crippen LogP contribution in [0, 0.1) is 0 Å². The lowest BCUT2D eigenvalue weighted by Crippen LogP contribution is -2.52. The molecule has 0 aliphatic carbocycles. The number of aromatic nitrogens is 4. The first-order valence-corrected chi connectivity index (χ1v) is 9.39. The number of amides is 2. The van der Waals surface area contributed by atoms with Crippen molar-refractivity contribution in [2.24, 2.45) is 0 Å². The van der Waals surface area contributed by atoms with Gasteiger partial charge in [-0.1, -0.05) is 0 Å². The second-order valence-corrected chi connectivity index (χ2v) is 6.49. The highest BCUT2D eigenvalue weighted by Gasteiger charge is 2.26. The maximum absolute atomic E-state index is 12.3. The van der Waals surface area contributed by atoms with E-state index < -0.39 is 37.0 Å². The summed E-state index contributed by atoms with van der Waals surface area (Å²) in [7, 11) is 0. The predicted molar refractivity (Wildman–Crippen MR) is 107 cm³/mol. The van der Waals surface area contributed by atoms with Crippen molar-refractivity contribution in [3.05, 3.63) is 36.2 Å². The van der Waals surface area contributed by atoms with Crippen LogP contribution in [0.15, 0.2) is 24.8 Å². The van der Waals surface area contributed by atoms with Gasteiger partial charge in [-0.3, -0.25) is 9.59 Å². The van der Waals surface area contributed by atoms with Crippen molar-refractivity contribution in [2.75, 3.05) is 50.9 Å². The standard InChI is InChI=1S/C18H20N8O6/c19-15-13(21-1-3-23-15)17(29)31-9-11(27)25-5-7-26(8-6-25)12(28)10-32-18(30)14-16(20)24-4-2-22-14/h1-4H,5-10H2,(H2,19,23)(H2,20,24). The third-order valence-electron chi connectivity index (χ3n) is 4.48. The molecular weight excluding hydrogens is 424 g/mol. The number of anilines is 2. The van der Waals surface area contributed by atoms with Crippen LogP contribution in [-0.2, 0) is 19.1 Å². The van der Waals surface area contributed by atoms with E-state index in [9.17, 15) is 19.2 Å². The smallest absolute Gasteiger partial charge is 0.361 e. The summed E-state index contributed by atoms with van der Waals surface area (Å²) in [5.74, 6) is -2.78. The van der Waals surface area contributed by atoms with Gasteiger partial charge in [0.25, 0.3) is 11.8 Å². The topological polar surface area (TPSA) is 197 Å². The number of nitrogen functional groups attached to an aromatic ring is 2. The largest absolute Gasteiger partial charge is 0.451 e. The molecule has 1 aliphatic heterocycles. The summed E-state index contributed by atoms with van der Waals surface area (Å²) >= 11 is 0. The Morgan fingerprint density at radius 2 is 1.03 bits per heavy atom. The van der Waals surface area contributed by atoms with Gasteiger partial charge in [0, 0.05) is 51.0 Å². The van der Waals surface area contributed by atoms with Gasteiger partial charge in [0.15, 0.2) is 36.2 Å². The summed E-state index contributed by atoms with van der Waals surface area (Å²) in [6, 6.07) is 0. The molecule has 4 N–H and O–H groups in total. The van der Waals surface area contributed by atoms with Gasteiger partial charge in [-0.05, 0) is 0 Å². The van der Waals surface area contributed by atoms with Gasteiger partial charge in [0.05, 0.1) is 0 Å². The molecule has 0 unspecified atom stereocenters. The Hall–Kier alpha value is -4.36. The van der Waals surface area contributed by atoms with Crippen LogP contribution in [0.25, 0.3) is 0 Å². The Labute approximate surface area is 181 Å². The summed E-state index contributed by atoms with van der Waals surface area (Å²) in [5, 5.41) is 0. The molecule has 1 saturated heterocycles. The highest BCUT2D eigenvalue weighted by atomic mass is 16.5. The third-order valence-corrected chi connectivity index (χ3v) is 4.48. The quantitative estimate of drug-likeness (QED) is 0.471. The fourth-order valence-electron chi connectivity index (χ4n) is 2.79. The van der Waals surface area contributed by atoms with E-state index in [0.29, 0.717) is 0 Å². The molecule has 0 spiro atoms.